The molecule has 0 aromatic rings. The second-order valence-corrected chi connectivity index (χ2v) is 6.62. The Morgan fingerprint density at radius 2 is 1.83 bits per heavy atom. The molecule has 0 spiro atoms. The van der Waals surface area contributed by atoms with Gasteiger partial charge in [-0.2, -0.15) is 0 Å². The molecule has 0 aliphatic carbocycles. The number of morpholine rings is 1. The van der Waals surface area contributed by atoms with Gasteiger partial charge >= 0.3 is 0 Å². The lowest BCUT2D eigenvalue weighted by atomic mass is 9.68. The summed E-state index contributed by atoms with van der Waals surface area (Å²) < 4.78 is 5.46. The van der Waals surface area contributed by atoms with E-state index >= 15 is 0 Å². The predicted octanol–water partition coefficient (Wildman–Crippen LogP) is 3.73. The molecule has 1 saturated heterocycles. The minimum absolute atomic E-state index is 0.242. The molecule has 0 radical (unpaired) electrons. The van der Waals surface area contributed by atoms with Crippen LogP contribution in [-0.2, 0) is 4.74 Å². The standard InChI is InChI=1S/C16H31NO/c1-7-14(3)16(6,8-2)13-15(4,5)17-9-11-18-12-10-17/h7,14H,1,8-13H2,2-6H3. The number of nitrogens with zero attached hydrogens (tertiary/aromatic N) is 1. The van der Waals surface area contributed by atoms with Crippen molar-refractivity contribution in [3.63, 3.8) is 0 Å². The van der Waals surface area contributed by atoms with Crippen molar-refractivity contribution >= 4 is 0 Å². The van der Waals surface area contributed by atoms with Gasteiger partial charge in [-0.25, -0.2) is 0 Å². The molecule has 0 aromatic carbocycles. The second-order valence-electron chi connectivity index (χ2n) is 6.62. The van der Waals surface area contributed by atoms with Crippen LogP contribution in [0.3, 0.4) is 0 Å². The molecule has 0 saturated carbocycles. The molecular formula is C16H31NO. The third-order valence-electron chi connectivity index (χ3n) is 4.96. The number of hydrogen-bond acceptors (Lipinski definition) is 2. The maximum Gasteiger partial charge on any atom is 0.0594 e. The number of allylic oxidation sites excluding steroid dienone is 1. The molecule has 2 nitrogen and oxygen atoms in total. The monoisotopic (exact) mass is 253 g/mol. The maximum absolute atomic E-state index is 5.46. The lowest BCUT2D eigenvalue weighted by Crippen LogP contribution is -2.52. The summed E-state index contributed by atoms with van der Waals surface area (Å²) in [5.74, 6) is 0.558. The third-order valence-corrected chi connectivity index (χ3v) is 4.96. The topological polar surface area (TPSA) is 12.5 Å². The second kappa shape index (κ2) is 6.21. The molecule has 2 unspecified atom stereocenters. The van der Waals surface area contributed by atoms with Crippen LogP contribution in [-0.4, -0.2) is 36.7 Å². The highest BCUT2D eigenvalue weighted by atomic mass is 16.5. The molecule has 18 heavy (non-hydrogen) atoms. The number of ether oxygens (including phenoxy) is 1. The fraction of sp³-hybridized carbons (Fsp3) is 0.875. The quantitative estimate of drug-likeness (QED) is 0.669. The van der Waals surface area contributed by atoms with Crippen LogP contribution in [0, 0.1) is 11.3 Å². The highest BCUT2D eigenvalue weighted by Crippen LogP contribution is 2.41. The number of rotatable bonds is 6. The van der Waals surface area contributed by atoms with E-state index in [1.54, 1.807) is 0 Å². The molecule has 2 heteroatoms. The van der Waals surface area contributed by atoms with Crippen LogP contribution in [0.15, 0.2) is 12.7 Å². The molecule has 1 rings (SSSR count). The summed E-state index contributed by atoms with van der Waals surface area (Å²) in [6, 6.07) is 0. The van der Waals surface area contributed by atoms with E-state index in [-0.39, 0.29) is 5.54 Å². The minimum Gasteiger partial charge on any atom is -0.379 e. The summed E-state index contributed by atoms with van der Waals surface area (Å²) in [5, 5.41) is 0. The van der Waals surface area contributed by atoms with Crippen molar-refractivity contribution in [3.8, 4) is 0 Å². The van der Waals surface area contributed by atoms with Crippen molar-refractivity contribution in [2.24, 2.45) is 11.3 Å². The van der Waals surface area contributed by atoms with Gasteiger partial charge in [0, 0.05) is 18.6 Å². The van der Waals surface area contributed by atoms with Crippen LogP contribution in [0.2, 0.25) is 0 Å². The zero-order valence-corrected chi connectivity index (χ0v) is 13.0. The van der Waals surface area contributed by atoms with Crippen LogP contribution < -0.4 is 0 Å². The summed E-state index contributed by atoms with van der Waals surface area (Å²) in [5.41, 5.74) is 0.579. The van der Waals surface area contributed by atoms with Gasteiger partial charge in [0.25, 0.3) is 0 Å². The van der Waals surface area contributed by atoms with Gasteiger partial charge in [-0.3, -0.25) is 4.90 Å². The van der Waals surface area contributed by atoms with Crippen molar-refractivity contribution in [2.75, 3.05) is 26.3 Å². The molecular weight excluding hydrogens is 222 g/mol. The molecule has 106 valence electrons. The average Bonchev–Trinajstić information content (AvgIpc) is 2.38. The van der Waals surface area contributed by atoms with Crippen LogP contribution in [0.4, 0.5) is 0 Å². The zero-order chi connectivity index (χ0) is 13.8. The van der Waals surface area contributed by atoms with Crippen molar-refractivity contribution in [1.82, 2.24) is 4.90 Å². The van der Waals surface area contributed by atoms with Crippen LogP contribution in [0.5, 0.6) is 0 Å². The lowest BCUT2D eigenvalue weighted by Gasteiger charge is -2.47. The first kappa shape index (κ1) is 15.7. The van der Waals surface area contributed by atoms with Crippen molar-refractivity contribution in [2.45, 2.75) is 53.0 Å². The fourth-order valence-corrected chi connectivity index (χ4v) is 3.16. The van der Waals surface area contributed by atoms with Gasteiger partial charge in [-0.1, -0.05) is 33.3 Å². The van der Waals surface area contributed by atoms with E-state index in [1.807, 2.05) is 0 Å². The summed E-state index contributed by atoms with van der Waals surface area (Å²) in [7, 11) is 0. The van der Waals surface area contributed by atoms with Crippen LogP contribution in [0.25, 0.3) is 0 Å². The van der Waals surface area contributed by atoms with Gasteiger partial charge < -0.3 is 4.74 Å². The van der Waals surface area contributed by atoms with Crippen LogP contribution in [0.1, 0.15) is 47.5 Å². The molecule has 1 heterocycles. The molecule has 2 atom stereocenters. The van der Waals surface area contributed by atoms with E-state index in [0.717, 1.165) is 26.3 Å². The Morgan fingerprint density at radius 1 is 1.28 bits per heavy atom. The first-order chi connectivity index (χ1) is 8.35. The predicted molar refractivity (Wildman–Crippen MR) is 78.8 cm³/mol. The largest absolute Gasteiger partial charge is 0.379 e. The van der Waals surface area contributed by atoms with Crippen molar-refractivity contribution < 1.29 is 4.74 Å². The summed E-state index contributed by atoms with van der Waals surface area (Å²) in [4.78, 5) is 2.58. The van der Waals surface area contributed by atoms with Gasteiger partial charge in [0.15, 0.2) is 0 Å². The molecule has 1 aliphatic heterocycles. The van der Waals surface area contributed by atoms with Gasteiger partial charge in [0.1, 0.15) is 0 Å². The SMILES string of the molecule is C=CC(C)C(C)(CC)CC(C)(C)N1CCOCC1. The Bertz CT molecular complexity index is 268. The molecule has 0 bridgehead atoms. The average molecular weight is 253 g/mol. The summed E-state index contributed by atoms with van der Waals surface area (Å²) in [6.45, 7) is 19.6. The smallest absolute Gasteiger partial charge is 0.0594 e. The Morgan fingerprint density at radius 3 is 2.28 bits per heavy atom. The summed E-state index contributed by atoms with van der Waals surface area (Å²) >= 11 is 0. The molecule has 0 aromatic heterocycles. The molecule has 1 aliphatic rings. The highest BCUT2D eigenvalue weighted by molar-refractivity contribution is 4.96. The Labute approximate surface area is 113 Å². The van der Waals surface area contributed by atoms with E-state index < -0.39 is 0 Å². The van der Waals surface area contributed by atoms with Gasteiger partial charge in [0.2, 0.25) is 0 Å². The molecule has 0 N–H and O–H groups in total. The van der Waals surface area contributed by atoms with Gasteiger partial charge in [0.05, 0.1) is 13.2 Å². The van der Waals surface area contributed by atoms with E-state index in [2.05, 4.69) is 52.2 Å². The normalized spacial score (nSPS) is 23.4. The van der Waals surface area contributed by atoms with E-state index in [0.29, 0.717) is 11.3 Å². The summed E-state index contributed by atoms with van der Waals surface area (Å²) in [6.07, 6.45) is 4.52. The van der Waals surface area contributed by atoms with Crippen LogP contribution >= 0.6 is 0 Å². The third kappa shape index (κ3) is 3.58. The van der Waals surface area contributed by atoms with Gasteiger partial charge in [-0.05, 0) is 31.6 Å². The highest BCUT2D eigenvalue weighted by Gasteiger charge is 2.37. The Kier molecular flexibility index (Phi) is 5.42. The van der Waals surface area contributed by atoms with E-state index in [4.69, 9.17) is 4.74 Å². The van der Waals surface area contributed by atoms with E-state index in [1.165, 1.54) is 12.8 Å². The lowest BCUT2D eigenvalue weighted by molar-refractivity contribution is -0.0308. The first-order valence-electron chi connectivity index (χ1n) is 7.31. The minimum atomic E-state index is 0.242. The van der Waals surface area contributed by atoms with Crippen molar-refractivity contribution in [1.29, 1.82) is 0 Å². The molecule has 1 fully saturated rings. The van der Waals surface area contributed by atoms with E-state index in [9.17, 15) is 0 Å². The Hall–Kier alpha value is -0.340. The first-order valence-corrected chi connectivity index (χ1v) is 7.31. The van der Waals surface area contributed by atoms with Gasteiger partial charge in [-0.15, -0.1) is 6.58 Å². The number of hydrogen-bond donors (Lipinski definition) is 0. The Balaban J connectivity index is 2.74. The fourth-order valence-electron chi connectivity index (χ4n) is 3.16. The zero-order valence-electron chi connectivity index (χ0n) is 13.0. The maximum atomic E-state index is 5.46. The molecule has 0 amide bonds. The van der Waals surface area contributed by atoms with Crippen molar-refractivity contribution in [3.05, 3.63) is 12.7 Å².